The smallest absolute Gasteiger partial charge is 0.141 e. The number of ether oxygens (including phenoxy) is 1. The van der Waals surface area contributed by atoms with Gasteiger partial charge in [0, 0.05) is 0 Å². The van der Waals surface area contributed by atoms with E-state index >= 15 is 0 Å². The highest BCUT2D eigenvalue weighted by Gasteiger charge is 2.75. The van der Waals surface area contributed by atoms with Gasteiger partial charge in [-0.1, -0.05) is 44.7 Å². The largest absolute Gasteiger partial charge is 0.354 e. The van der Waals surface area contributed by atoms with E-state index in [0.29, 0.717) is 0 Å². The van der Waals surface area contributed by atoms with Gasteiger partial charge in [0.2, 0.25) is 0 Å². The van der Waals surface area contributed by atoms with E-state index in [0.717, 1.165) is 0 Å². The lowest BCUT2D eigenvalue weighted by molar-refractivity contribution is -0.294. The quantitative estimate of drug-likeness (QED) is 0.619. The van der Waals surface area contributed by atoms with Gasteiger partial charge in [-0.2, -0.15) is 0 Å². The summed E-state index contributed by atoms with van der Waals surface area (Å²) in [5.41, 5.74) is 0.188. The summed E-state index contributed by atoms with van der Waals surface area (Å²) < 4.78 is 6.35. The fourth-order valence-electron chi connectivity index (χ4n) is 3.43. The van der Waals surface area contributed by atoms with E-state index in [1.165, 1.54) is 44.9 Å². The van der Waals surface area contributed by atoms with Crippen molar-refractivity contribution in [2.75, 3.05) is 0 Å². The van der Waals surface area contributed by atoms with Crippen molar-refractivity contribution in [3.05, 3.63) is 0 Å². The first-order valence-corrected chi connectivity index (χ1v) is 6.79. The van der Waals surface area contributed by atoms with Crippen LogP contribution in [0.3, 0.4) is 0 Å². The Morgan fingerprint density at radius 1 is 0.846 bits per heavy atom. The van der Waals surface area contributed by atoms with Gasteiger partial charge in [-0.05, 0) is 32.1 Å². The first-order valence-electron chi connectivity index (χ1n) is 5.20. The van der Waals surface area contributed by atoms with E-state index in [-0.39, 0.29) is 14.4 Å². The normalized spacial score (nSPS) is 59.5. The minimum atomic E-state index is -0.0291. The van der Waals surface area contributed by atoms with Gasteiger partial charge >= 0.3 is 0 Å². The molecule has 2 saturated carbocycles. The highest BCUT2D eigenvalue weighted by atomic mass is 79.9. The molecule has 1 nitrogen and oxygen atoms in total. The molecule has 3 atom stereocenters. The summed E-state index contributed by atoms with van der Waals surface area (Å²) in [6.45, 7) is 0. The van der Waals surface area contributed by atoms with Crippen LogP contribution in [-0.4, -0.2) is 14.4 Å². The van der Waals surface area contributed by atoms with Crippen molar-refractivity contribution in [3.63, 3.8) is 0 Å². The summed E-state index contributed by atoms with van der Waals surface area (Å²) in [6.07, 6.45) is 8.97. The molecule has 1 aliphatic heterocycles. The van der Waals surface area contributed by atoms with Crippen molar-refractivity contribution >= 4 is 31.9 Å². The van der Waals surface area contributed by atoms with Gasteiger partial charge < -0.3 is 4.74 Å². The number of rotatable bonds is 0. The second-order valence-electron chi connectivity index (χ2n) is 4.69. The van der Waals surface area contributed by atoms with Crippen molar-refractivity contribution in [2.45, 2.75) is 59.4 Å². The van der Waals surface area contributed by atoms with Gasteiger partial charge in [0.25, 0.3) is 0 Å². The number of hydrogen-bond acceptors (Lipinski definition) is 1. The first kappa shape index (κ1) is 9.17. The van der Waals surface area contributed by atoms with Crippen LogP contribution in [0.4, 0.5) is 0 Å². The predicted molar refractivity (Wildman–Crippen MR) is 59.5 cm³/mol. The van der Waals surface area contributed by atoms with Crippen LogP contribution in [0.5, 0.6) is 0 Å². The maximum absolute atomic E-state index is 6.13. The summed E-state index contributed by atoms with van der Waals surface area (Å²) in [5, 5.41) is 0. The summed E-state index contributed by atoms with van der Waals surface area (Å²) in [4.78, 5) is 0. The maximum Gasteiger partial charge on any atom is 0.141 e. The Bertz CT molecular complexity index is 253. The van der Waals surface area contributed by atoms with Gasteiger partial charge in [0.15, 0.2) is 0 Å². The summed E-state index contributed by atoms with van der Waals surface area (Å²) in [7, 11) is 0. The summed E-state index contributed by atoms with van der Waals surface area (Å²) >= 11 is 7.74. The lowest BCUT2D eigenvalue weighted by Gasteiger charge is -2.71. The van der Waals surface area contributed by atoms with Gasteiger partial charge in [-0.25, -0.2) is 0 Å². The molecule has 1 heterocycles. The molecule has 0 aromatic rings. The third kappa shape index (κ3) is 0.877. The van der Waals surface area contributed by atoms with Crippen LogP contribution < -0.4 is 0 Å². The van der Waals surface area contributed by atoms with Crippen molar-refractivity contribution in [2.24, 2.45) is 0 Å². The van der Waals surface area contributed by atoms with Gasteiger partial charge in [-0.15, -0.1) is 0 Å². The van der Waals surface area contributed by atoms with Crippen LogP contribution in [-0.2, 0) is 4.74 Å². The highest BCUT2D eigenvalue weighted by molar-refractivity contribution is 9.13. The minimum absolute atomic E-state index is 0.0291. The molecule has 74 valence electrons. The standard InChI is InChI=1S/C10H14Br2O/c11-9-6-2-1-4-8(9)5-3-7-10(9,12)13-8/h1-7H2. The molecular formula is C10H14Br2O. The van der Waals surface area contributed by atoms with Crippen molar-refractivity contribution < 1.29 is 4.74 Å². The zero-order valence-electron chi connectivity index (χ0n) is 7.61. The van der Waals surface area contributed by atoms with E-state index in [1.54, 1.807) is 0 Å². The molecule has 2 aliphatic carbocycles. The van der Waals surface area contributed by atoms with Crippen LogP contribution in [0.25, 0.3) is 0 Å². The van der Waals surface area contributed by atoms with Gasteiger partial charge in [0.05, 0.1) is 9.93 Å². The number of halogens is 2. The summed E-state index contributed by atoms with van der Waals surface area (Å²) in [5.74, 6) is 0. The molecule has 0 aromatic carbocycles. The molecule has 3 rings (SSSR count). The number of alkyl halides is 2. The topological polar surface area (TPSA) is 9.23 Å². The Kier molecular flexibility index (Phi) is 1.79. The van der Waals surface area contributed by atoms with E-state index in [4.69, 9.17) is 4.74 Å². The molecule has 0 amide bonds. The van der Waals surface area contributed by atoms with Gasteiger partial charge in [-0.3, -0.25) is 0 Å². The Morgan fingerprint density at radius 2 is 1.54 bits per heavy atom. The predicted octanol–water partition coefficient (Wildman–Crippen LogP) is 3.74. The van der Waals surface area contributed by atoms with Crippen molar-refractivity contribution in [3.8, 4) is 0 Å². The molecule has 1 saturated heterocycles. The molecule has 3 aliphatic rings. The molecule has 0 aromatic heterocycles. The van der Waals surface area contributed by atoms with Crippen LogP contribution >= 0.6 is 31.9 Å². The molecular weight excluding hydrogens is 296 g/mol. The Morgan fingerprint density at radius 3 is 2.31 bits per heavy atom. The number of hydrogen-bond donors (Lipinski definition) is 0. The van der Waals surface area contributed by atoms with Crippen LogP contribution in [0, 0.1) is 0 Å². The Labute approximate surface area is 95.9 Å². The molecule has 0 radical (unpaired) electrons. The van der Waals surface area contributed by atoms with Crippen molar-refractivity contribution in [1.29, 1.82) is 0 Å². The fraction of sp³-hybridized carbons (Fsp3) is 1.00. The SMILES string of the molecule is BrC12CCCC3(CCCCC13Br)O2. The van der Waals surface area contributed by atoms with Gasteiger partial charge in [0.1, 0.15) is 4.51 Å². The van der Waals surface area contributed by atoms with E-state index in [9.17, 15) is 0 Å². The van der Waals surface area contributed by atoms with Crippen molar-refractivity contribution in [1.82, 2.24) is 0 Å². The van der Waals surface area contributed by atoms with E-state index in [1.807, 2.05) is 0 Å². The fourth-order valence-corrected chi connectivity index (χ4v) is 5.62. The van der Waals surface area contributed by atoms with Crippen LogP contribution in [0.1, 0.15) is 44.9 Å². The zero-order valence-corrected chi connectivity index (χ0v) is 10.8. The molecule has 3 unspecified atom stereocenters. The van der Waals surface area contributed by atoms with Crippen LogP contribution in [0.15, 0.2) is 0 Å². The molecule has 13 heavy (non-hydrogen) atoms. The highest BCUT2D eigenvalue weighted by Crippen LogP contribution is 2.71. The maximum atomic E-state index is 6.13. The molecule has 3 fully saturated rings. The molecule has 0 N–H and O–H groups in total. The Balaban J connectivity index is 2.01. The van der Waals surface area contributed by atoms with E-state index in [2.05, 4.69) is 31.9 Å². The van der Waals surface area contributed by atoms with E-state index < -0.39 is 0 Å². The third-order valence-corrected chi connectivity index (χ3v) is 7.63. The minimum Gasteiger partial charge on any atom is -0.354 e. The Hall–Kier alpha value is 0.920. The first-order chi connectivity index (χ1) is 6.12. The second-order valence-corrected chi connectivity index (χ2v) is 7.32. The lowest BCUT2D eigenvalue weighted by Crippen LogP contribution is -2.79. The lowest BCUT2D eigenvalue weighted by atomic mass is 9.61. The second kappa shape index (κ2) is 2.53. The molecule has 3 heteroatoms. The third-order valence-electron chi connectivity index (χ3n) is 4.10. The zero-order chi connectivity index (χ0) is 9.16. The molecule has 2 bridgehead atoms. The van der Waals surface area contributed by atoms with Crippen LogP contribution in [0.2, 0.25) is 0 Å². The monoisotopic (exact) mass is 308 g/mol. The average molecular weight is 310 g/mol. The average Bonchev–Trinajstić information content (AvgIpc) is 2.10. The summed E-state index contributed by atoms with van der Waals surface area (Å²) in [6, 6.07) is 0. The molecule has 0 spiro atoms.